The molecule has 3 amide bonds. The number of nitrogens with zero attached hydrogens (tertiary/aromatic N) is 3. The molecular weight excluding hydrogens is 679 g/mol. The molecule has 2 aromatic rings. The number of benzene rings is 1. The van der Waals surface area contributed by atoms with Crippen LogP contribution in [0.25, 0.3) is 12.2 Å². The average Bonchev–Trinajstić information content (AvgIpc) is 3.11. The number of ether oxygens (including phenoxy) is 3. The number of hydrogen-bond acceptors (Lipinski definition) is 8. The van der Waals surface area contributed by atoms with Crippen molar-refractivity contribution in [2.24, 2.45) is 11.8 Å². The van der Waals surface area contributed by atoms with Crippen molar-refractivity contribution in [3.8, 4) is 5.75 Å². The van der Waals surface area contributed by atoms with Crippen molar-refractivity contribution in [3.05, 3.63) is 59.4 Å². The number of esters is 1. The second kappa shape index (κ2) is 19.0. The number of piperidine rings is 2. The van der Waals surface area contributed by atoms with Gasteiger partial charge in [0.15, 0.2) is 0 Å². The predicted molar refractivity (Wildman–Crippen MR) is 201 cm³/mol. The maximum atomic E-state index is 13.8. The molecule has 0 radical (unpaired) electrons. The van der Waals surface area contributed by atoms with Crippen LogP contribution in [0.4, 0.5) is 9.18 Å². The summed E-state index contributed by atoms with van der Waals surface area (Å²) >= 11 is 0. The number of nitrogens with one attached hydrogen (secondary N) is 1. The van der Waals surface area contributed by atoms with Crippen LogP contribution in [0, 0.1) is 11.8 Å². The Balaban J connectivity index is 1.37. The summed E-state index contributed by atoms with van der Waals surface area (Å²) in [6.07, 6.45) is 10.8. The van der Waals surface area contributed by atoms with Crippen LogP contribution in [0.3, 0.4) is 0 Å². The number of carbonyl (C=O) groups is 4. The van der Waals surface area contributed by atoms with Gasteiger partial charge in [0.25, 0.3) is 0 Å². The molecule has 0 saturated carbocycles. The van der Waals surface area contributed by atoms with Crippen molar-refractivity contribution >= 4 is 36.0 Å². The van der Waals surface area contributed by atoms with Crippen molar-refractivity contribution in [3.63, 3.8) is 0 Å². The zero-order valence-corrected chi connectivity index (χ0v) is 32.2. The highest BCUT2D eigenvalue weighted by Crippen LogP contribution is 2.27. The zero-order valence-electron chi connectivity index (χ0n) is 32.2. The standard InChI is InChI=1S/C41H57FN4O7/c1-40(2,3)52-37(48)25-35(33-23-31(26-43-27-33)13-12-30-9-7-11-34(24-30)51-22-18-42)44-38(49)32-10-8-19-46(28-32)36(47)15-14-29-16-20-45(21-17-29)39(50)53-41(4,5)6/h7,9,11-13,23-24,26-27,29,32,35H,8,10,14-22,25,28H2,1-6H3,(H,44,49)/b13-12+/t32-,35+/m1/s1. The molecular formula is C41H57FN4O7. The number of carbonyl (C=O) groups excluding carboxylic acids is 4. The Labute approximate surface area is 313 Å². The Morgan fingerprint density at radius 2 is 1.64 bits per heavy atom. The van der Waals surface area contributed by atoms with Crippen molar-refractivity contribution in [1.82, 2.24) is 20.1 Å². The fraction of sp³-hybridized carbons (Fsp3) is 0.585. The molecule has 2 saturated heterocycles. The van der Waals surface area contributed by atoms with Crippen LogP contribution in [-0.4, -0.2) is 89.3 Å². The van der Waals surface area contributed by atoms with Crippen LogP contribution in [0.2, 0.25) is 0 Å². The van der Waals surface area contributed by atoms with E-state index in [0.717, 1.165) is 30.4 Å². The van der Waals surface area contributed by atoms with Gasteiger partial charge in [-0.15, -0.1) is 0 Å². The van der Waals surface area contributed by atoms with Crippen LogP contribution < -0.4 is 10.1 Å². The average molecular weight is 737 g/mol. The monoisotopic (exact) mass is 736 g/mol. The van der Waals surface area contributed by atoms with Gasteiger partial charge in [-0.05, 0) is 114 Å². The lowest BCUT2D eigenvalue weighted by Gasteiger charge is -2.35. The van der Waals surface area contributed by atoms with Crippen LogP contribution in [-0.2, 0) is 23.9 Å². The molecule has 53 heavy (non-hydrogen) atoms. The van der Waals surface area contributed by atoms with Gasteiger partial charge in [-0.3, -0.25) is 19.4 Å². The first-order valence-electron chi connectivity index (χ1n) is 18.8. The van der Waals surface area contributed by atoms with E-state index in [2.05, 4.69) is 10.3 Å². The molecule has 12 heteroatoms. The van der Waals surface area contributed by atoms with E-state index in [0.29, 0.717) is 62.7 Å². The van der Waals surface area contributed by atoms with Gasteiger partial charge >= 0.3 is 12.1 Å². The van der Waals surface area contributed by atoms with Crippen molar-refractivity contribution in [1.29, 1.82) is 0 Å². The summed E-state index contributed by atoms with van der Waals surface area (Å²) in [5.74, 6) is -0.152. The molecule has 0 spiro atoms. The lowest BCUT2D eigenvalue weighted by molar-refractivity contribution is -0.155. The number of amides is 3. The van der Waals surface area contributed by atoms with E-state index in [1.165, 1.54) is 0 Å². The van der Waals surface area contributed by atoms with Gasteiger partial charge in [-0.25, -0.2) is 9.18 Å². The van der Waals surface area contributed by atoms with Crippen molar-refractivity contribution < 1.29 is 37.8 Å². The predicted octanol–water partition coefficient (Wildman–Crippen LogP) is 7.16. The molecule has 290 valence electrons. The number of aromatic nitrogens is 1. The third-order valence-corrected chi connectivity index (χ3v) is 9.14. The highest BCUT2D eigenvalue weighted by atomic mass is 19.1. The van der Waals surface area contributed by atoms with Gasteiger partial charge in [0.05, 0.1) is 18.4 Å². The fourth-order valence-corrected chi connectivity index (χ4v) is 6.54. The quantitative estimate of drug-likeness (QED) is 0.215. The first kappa shape index (κ1) is 41.3. The van der Waals surface area contributed by atoms with Gasteiger partial charge in [-0.2, -0.15) is 0 Å². The second-order valence-electron chi connectivity index (χ2n) is 16.0. The molecule has 3 heterocycles. The highest BCUT2D eigenvalue weighted by Gasteiger charge is 2.32. The van der Waals surface area contributed by atoms with E-state index >= 15 is 0 Å². The summed E-state index contributed by atoms with van der Waals surface area (Å²) in [6.45, 7) is 12.5. The van der Waals surface area contributed by atoms with Gasteiger partial charge in [0.1, 0.15) is 30.2 Å². The SMILES string of the molecule is CC(C)(C)OC(=O)C[C@H](NC(=O)[C@@H]1CCCN(C(=O)CCC2CCN(C(=O)OC(C)(C)C)CC2)C1)c1cncc(/C=C/c2cccc(OCCF)c2)c1. The lowest BCUT2D eigenvalue weighted by Crippen LogP contribution is -2.46. The van der Waals surface area contributed by atoms with Gasteiger partial charge in [-0.1, -0.05) is 24.3 Å². The van der Waals surface area contributed by atoms with Crippen LogP contribution in [0.5, 0.6) is 5.75 Å². The molecule has 0 aliphatic carbocycles. The summed E-state index contributed by atoms with van der Waals surface area (Å²) in [7, 11) is 0. The second-order valence-corrected chi connectivity index (χ2v) is 16.0. The van der Waals surface area contributed by atoms with Gasteiger partial charge < -0.3 is 29.3 Å². The van der Waals surface area contributed by atoms with E-state index < -0.39 is 35.8 Å². The lowest BCUT2D eigenvalue weighted by atomic mass is 9.91. The highest BCUT2D eigenvalue weighted by molar-refractivity contribution is 5.82. The van der Waals surface area contributed by atoms with Crippen LogP contribution in [0.1, 0.15) is 109 Å². The van der Waals surface area contributed by atoms with Gasteiger partial charge in [0.2, 0.25) is 11.8 Å². The minimum atomic E-state index is -0.701. The molecule has 1 aromatic carbocycles. The molecule has 2 aliphatic rings. The number of pyridine rings is 1. The normalized spacial score (nSPS) is 17.7. The minimum absolute atomic E-state index is 0.0154. The van der Waals surface area contributed by atoms with E-state index in [4.69, 9.17) is 14.2 Å². The largest absolute Gasteiger partial charge is 0.491 e. The summed E-state index contributed by atoms with van der Waals surface area (Å²) < 4.78 is 29.1. The zero-order chi connectivity index (χ0) is 38.6. The number of likely N-dealkylation sites (tertiary alicyclic amines) is 2. The minimum Gasteiger partial charge on any atom is -0.491 e. The summed E-state index contributed by atoms with van der Waals surface area (Å²) in [6, 6.07) is 8.47. The number of rotatable bonds is 13. The van der Waals surface area contributed by atoms with Crippen molar-refractivity contribution in [2.45, 2.75) is 104 Å². The number of hydrogen-bond donors (Lipinski definition) is 1. The van der Waals surface area contributed by atoms with Gasteiger partial charge in [0, 0.05) is 45.0 Å². The third kappa shape index (κ3) is 14.1. The Hall–Kier alpha value is -4.48. The maximum absolute atomic E-state index is 13.8. The summed E-state index contributed by atoms with van der Waals surface area (Å²) in [5, 5.41) is 3.09. The molecule has 2 aliphatic heterocycles. The Morgan fingerprint density at radius 1 is 0.925 bits per heavy atom. The Kier molecular flexibility index (Phi) is 14.8. The van der Waals surface area contributed by atoms with E-state index in [9.17, 15) is 23.6 Å². The molecule has 0 unspecified atom stereocenters. The first-order valence-corrected chi connectivity index (χ1v) is 18.8. The van der Waals surface area contributed by atoms with Crippen molar-refractivity contribution in [2.75, 3.05) is 39.5 Å². The molecule has 4 rings (SSSR count). The topological polar surface area (TPSA) is 127 Å². The van der Waals surface area contributed by atoms with E-state index in [1.807, 2.05) is 57.2 Å². The van der Waals surface area contributed by atoms with E-state index in [-0.39, 0.29) is 30.9 Å². The molecule has 1 N–H and O–H groups in total. The smallest absolute Gasteiger partial charge is 0.410 e. The van der Waals surface area contributed by atoms with E-state index in [1.54, 1.807) is 49.0 Å². The fourth-order valence-electron chi connectivity index (χ4n) is 6.54. The third-order valence-electron chi connectivity index (χ3n) is 9.14. The first-order chi connectivity index (χ1) is 25.1. The van der Waals surface area contributed by atoms with Crippen LogP contribution >= 0.6 is 0 Å². The number of halogens is 1. The molecule has 2 fully saturated rings. The Morgan fingerprint density at radius 3 is 2.34 bits per heavy atom. The van der Waals surface area contributed by atoms with Crippen LogP contribution in [0.15, 0.2) is 42.7 Å². The number of alkyl halides is 1. The Bertz CT molecular complexity index is 1580. The molecule has 11 nitrogen and oxygen atoms in total. The maximum Gasteiger partial charge on any atom is 0.410 e. The summed E-state index contributed by atoms with van der Waals surface area (Å²) in [5.41, 5.74) is 1.02. The molecule has 2 atom stereocenters. The molecule has 1 aromatic heterocycles. The molecule has 0 bridgehead atoms. The summed E-state index contributed by atoms with van der Waals surface area (Å²) in [4.78, 5) is 60.5.